The van der Waals surface area contributed by atoms with Crippen LogP contribution in [-0.4, -0.2) is 17.8 Å². The standard InChI is InChI=1S/C11H16INO/c12-10-6-4-9(5-7-10)2-1-3-11(14)8-13/h4-7,11,14H,1-3,8,13H2. The van der Waals surface area contributed by atoms with E-state index in [-0.39, 0.29) is 6.10 Å². The van der Waals surface area contributed by atoms with Crippen molar-refractivity contribution >= 4 is 22.6 Å². The summed E-state index contributed by atoms with van der Waals surface area (Å²) in [5.74, 6) is 0. The Morgan fingerprint density at radius 3 is 2.50 bits per heavy atom. The molecule has 3 heteroatoms. The average molecular weight is 305 g/mol. The van der Waals surface area contributed by atoms with Gasteiger partial charge in [0.05, 0.1) is 6.10 Å². The van der Waals surface area contributed by atoms with Crippen LogP contribution < -0.4 is 5.73 Å². The lowest BCUT2D eigenvalue weighted by Gasteiger charge is -2.06. The van der Waals surface area contributed by atoms with Crippen LogP contribution in [0.15, 0.2) is 24.3 Å². The Morgan fingerprint density at radius 2 is 1.93 bits per heavy atom. The molecule has 0 heterocycles. The van der Waals surface area contributed by atoms with Gasteiger partial charge in [0.15, 0.2) is 0 Å². The van der Waals surface area contributed by atoms with Crippen LogP contribution in [0.4, 0.5) is 0 Å². The van der Waals surface area contributed by atoms with Gasteiger partial charge in [0, 0.05) is 10.1 Å². The largest absolute Gasteiger partial charge is 0.392 e. The molecule has 0 saturated carbocycles. The smallest absolute Gasteiger partial charge is 0.0662 e. The molecule has 0 saturated heterocycles. The zero-order valence-electron chi connectivity index (χ0n) is 8.12. The van der Waals surface area contributed by atoms with Gasteiger partial charge in [0.25, 0.3) is 0 Å². The minimum atomic E-state index is -0.334. The van der Waals surface area contributed by atoms with Gasteiger partial charge in [0.1, 0.15) is 0 Å². The van der Waals surface area contributed by atoms with Crippen LogP contribution in [0.5, 0.6) is 0 Å². The summed E-state index contributed by atoms with van der Waals surface area (Å²) < 4.78 is 1.26. The summed E-state index contributed by atoms with van der Waals surface area (Å²) in [4.78, 5) is 0. The van der Waals surface area contributed by atoms with Crippen LogP contribution in [0.1, 0.15) is 18.4 Å². The lowest BCUT2D eigenvalue weighted by molar-refractivity contribution is 0.170. The molecule has 1 rings (SSSR count). The first-order chi connectivity index (χ1) is 6.72. The summed E-state index contributed by atoms with van der Waals surface area (Å²) in [6.07, 6.45) is 2.48. The molecular weight excluding hydrogens is 289 g/mol. The third-order valence-electron chi connectivity index (χ3n) is 2.19. The zero-order chi connectivity index (χ0) is 10.4. The molecule has 0 aliphatic heterocycles. The van der Waals surface area contributed by atoms with Gasteiger partial charge in [-0.2, -0.15) is 0 Å². The fourth-order valence-electron chi connectivity index (χ4n) is 1.31. The molecule has 0 aliphatic carbocycles. The second-order valence-corrected chi connectivity index (χ2v) is 4.65. The van der Waals surface area contributed by atoms with Crippen LogP contribution in [-0.2, 0) is 6.42 Å². The van der Waals surface area contributed by atoms with Gasteiger partial charge in [-0.25, -0.2) is 0 Å². The van der Waals surface area contributed by atoms with Gasteiger partial charge in [-0.3, -0.25) is 0 Å². The summed E-state index contributed by atoms with van der Waals surface area (Å²) >= 11 is 2.29. The van der Waals surface area contributed by atoms with Gasteiger partial charge < -0.3 is 10.8 Å². The highest BCUT2D eigenvalue weighted by Gasteiger charge is 2.00. The van der Waals surface area contributed by atoms with Crippen molar-refractivity contribution in [3.05, 3.63) is 33.4 Å². The molecule has 1 atom stereocenters. The molecule has 14 heavy (non-hydrogen) atoms. The second kappa shape index (κ2) is 6.37. The second-order valence-electron chi connectivity index (χ2n) is 3.41. The summed E-state index contributed by atoms with van der Waals surface area (Å²) in [6, 6.07) is 8.48. The van der Waals surface area contributed by atoms with E-state index in [1.54, 1.807) is 0 Å². The van der Waals surface area contributed by atoms with Crippen LogP contribution in [0, 0.1) is 3.57 Å². The molecule has 2 nitrogen and oxygen atoms in total. The molecule has 78 valence electrons. The quantitative estimate of drug-likeness (QED) is 0.817. The number of rotatable bonds is 5. The summed E-state index contributed by atoms with van der Waals surface area (Å²) in [5, 5.41) is 9.25. The van der Waals surface area contributed by atoms with E-state index >= 15 is 0 Å². The molecule has 0 fully saturated rings. The predicted molar refractivity (Wildman–Crippen MR) is 67.2 cm³/mol. The Hall–Kier alpha value is -0.130. The van der Waals surface area contributed by atoms with Gasteiger partial charge in [-0.05, 0) is 59.5 Å². The number of hydrogen-bond donors (Lipinski definition) is 2. The number of hydrogen-bond acceptors (Lipinski definition) is 2. The normalized spacial score (nSPS) is 12.8. The number of aliphatic hydroxyl groups excluding tert-OH is 1. The van der Waals surface area contributed by atoms with E-state index in [0.29, 0.717) is 6.54 Å². The highest BCUT2D eigenvalue weighted by Crippen LogP contribution is 2.10. The fourth-order valence-corrected chi connectivity index (χ4v) is 1.67. The van der Waals surface area contributed by atoms with E-state index in [4.69, 9.17) is 5.73 Å². The van der Waals surface area contributed by atoms with E-state index in [1.807, 2.05) is 0 Å². The van der Waals surface area contributed by atoms with Crippen LogP contribution in [0.25, 0.3) is 0 Å². The minimum absolute atomic E-state index is 0.334. The van der Waals surface area contributed by atoms with Crippen LogP contribution in [0.3, 0.4) is 0 Å². The Labute approximate surface area is 98.7 Å². The molecule has 0 radical (unpaired) electrons. The predicted octanol–water partition coefficient (Wildman–Crippen LogP) is 1.93. The summed E-state index contributed by atoms with van der Waals surface area (Å²) in [7, 11) is 0. The number of benzene rings is 1. The molecule has 1 aromatic rings. The highest BCUT2D eigenvalue weighted by atomic mass is 127. The monoisotopic (exact) mass is 305 g/mol. The molecule has 0 bridgehead atoms. The Kier molecular flexibility index (Phi) is 5.44. The average Bonchev–Trinajstić information content (AvgIpc) is 2.21. The van der Waals surface area contributed by atoms with Gasteiger partial charge >= 0.3 is 0 Å². The maximum atomic E-state index is 9.25. The first-order valence-corrected chi connectivity index (χ1v) is 5.93. The van der Waals surface area contributed by atoms with E-state index < -0.39 is 0 Å². The molecule has 1 aromatic carbocycles. The number of nitrogens with two attached hydrogens (primary N) is 1. The van der Waals surface area contributed by atoms with Crippen LogP contribution in [0.2, 0.25) is 0 Å². The first-order valence-electron chi connectivity index (χ1n) is 4.85. The van der Waals surface area contributed by atoms with E-state index in [9.17, 15) is 5.11 Å². The van der Waals surface area contributed by atoms with E-state index in [0.717, 1.165) is 19.3 Å². The first kappa shape index (κ1) is 11.9. The van der Waals surface area contributed by atoms with Crippen molar-refractivity contribution in [2.45, 2.75) is 25.4 Å². The topological polar surface area (TPSA) is 46.2 Å². The molecule has 0 aromatic heterocycles. The number of halogens is 1. The third-order valence-corrected chi connectivity index (χ3v) is 2.91. The van der Waals surface area contributed by atoms with Crippen molar-refractivity contribution in [1.29, 1.82) is 0 Å². The van der Waals surface area contributed by atoms with Gasteiger partial charge in [-0.1, -0.05) is 12.1 Å². The number of aliphatic hydroxyl groups is 1. The van der Waals surface area contributed by atoms with Crippen LogP contribution >= 0.6 is 22.6 Å². The van der Waals surface area contributed by atoms with Crippen molar-refractivity contribution in [2.75, 3.05) is 6.54 Å². The van der Waals surface area contributed by atoms with Crippen molar-refractivity contribution in [3.63, 3.8) is 0 Å². The lowest BCUT2D eigenvalue weighted by Crippen LogP contribution is -2.19. The highest BCUT2D eigenvalue weighted by molar-refractivity contribution is 14.1. The molecule has 0 amide bonds. The van der Waals surface area contributed by atoms with E-state index in [2.05, 4.69) is 46.9 Å². The molecular formula is C11H16INO. The van der Waals surface area contributed by atoms with Crippen molar-refractivity contribution in [2.24, 2.45) is 5.73 Å². The maximum absolute atomic E-state index is 9.25. The molecule has 1 unspecified atom stereocenters. The van der Waals surface area contributed by atoms with Crippen molar-refractivity contribution < 1.29 is 5.11 Å². The van der Waals surface area contributed by atoms with Gasteiger partial charge in [-0.15, -0.1) is 0 Å². The summed E-state index contributed by atoms with van der Waals surface area (Å²) in [6.45, 7) is 0.368. The lowest BCUT2D eigenvalue weighted by atomic mass is 10.1. The minimum Gasteiger partial charge on any atom is -0.392 e. The zero-order valence-corrected chi connectivity index (χ0v) is 10.3. The molecule has 3 N–H and O–H groups in total. The third kappa shape index (κ3) is 4.39. The number of aryl methyl sites for hydroxylation is 1. The van der Waals surface area contributed by atoms with Crippen molar-refractivity contribution in [1.82, 2.24) is 0 Å². The van der Waals surface area contributed by atoms with Crippen molar-refractivity contribution in [3.8, 4) is 0 Å². The van der Waals surface area contributed by atoms with Gasteiger partial charge in [0.2, 0.25) is 0 Å². The van der Waals surface area contributed by atoms with E-state index in [1.165, 1.54) is 9.13 Å². The Balaban J connectivity index is 2.28. The Morgan fingerprint density at radius 1 is 1.29 bits per heavy atom. The molecule has 0 spiro atoms. The summed E-state index contributed by atoms with van der Waals surface area (Å²) in [5.41, 5.74) is 6.65. The molecule has 0 aliphatic rings. The Bertz CT molecular complexity index is 260. The fraction of sp³-hybridized carbons (Fsp3) is 0.455. The SMILES string of the molecule is NCC(O)CCCc1ccc(I)cc1. The maximum Gasteiger partial charge on any atom is 0.0662 e.